The molecular formula is C24H30N4O3S. The van der Waals surface area contributed by atoms with E-state index in [0.29, 0.717) is 56.6 Å². The van der Waals surface area contributed by atoms with Crippen LogP contribution in [0.4, 0.5) is 0 Å². The van der Waals surface area contributed by atoms with E-state index in [1.807, 2.05) is 21.7 Å². The molecule has 1 aliphatic heterocycles. The smallest absolute Gasteiger partial charge is 0.228 e. The standard InChI is InChI=1S/C24H30N4O3S/c29-21(2-1-20-25-22(26-31-20)19-3-8-32-15-19)27-4-6-28(7-5-27)23(30)24-12-16-9-17(13-24)11-18(10-16)14-24/h3,8,15-18H,1-2,4-7,9-14H2. The number of nitrogens with zero attached hydrogens (tertiary/aromatic N) is 4. The number of hydrogen-bond acceptors (Lipinski definition) is 6. The van der Waals surface area contributed by atoms with Crippen LogP contribution in [0.5, 0.6) is 0 Å². The number of aryl methyl sites for hydroxylation is 1. The van der Waals surface area contributed by atoms with Crippen molar-refractivity contribution in [1.82, 2.24) is 19.9 Å². The van der Waals surface area contributed by atoms with Crippen molar-refractivity contribution in [3.63, 3.8) is 0 Å². The Morgan fingerprint density at radius 3 is 2.31 bits per heavy atom. The molecule has 5 aliphatic rings. The summed E-state index contributed by atoms with van der Waals surface area (Å²) in [6.45, 7) is 2.58. The maximum absolute atomic E-state index is 13.5. The lowest BCUT2D eigenvalue weighted by molar-refractivity contribution is -0.160. The van der Waals surface area contributed by atoms with E-state index in [4.69, 9.17) is 4.52 Å². The summed E-state index contributed by atoms with van der Waals surface area (Å²) in [5.41, 5.74) is 0.857. The molecule has 4 aliphatic carbocycles. The summed E-state index contributed by atoms with van der Waals surface area (Å²) in [5, 5.41) is 7.96. The summed E-state index contributed by atoms with van der Waals surface area (Å²) in [5.74, 6) is 3.88. The number of carbonyl (C=O) groups excluding carboxylic acids is 2. The molecule has 4 saturated carbocycles. The van der Waals surface area contributed by atoms with E-state index in [1.165, 1.54) is 19.3 Å². The monoisotopic (exact) mass is 454 g/mol. The average Bonchev–Trinajstić information content (AvgIpc) is 3.48. The van der Waals surface area contributed by atoms with Crippen molar-refractivity contribution < 1.29 is 14.1 Å². The summed E-state index contributed by atoms with van der Waals surface area (Å²) in [6, 6.07) is 1.95. The minimum absolute atomic E-state index is 0.0843. The van der Waals surface area contributed by atoms with E-state index >= 15 is 0 Å². The minimum atomic E-state index is -0.0843. The third-order valence-corrected chi connectivity index (χ3v) is 8.89. The van der Waals surface area contributed by atoms with E-state index < -0.39 is 0 Å². The van der Waals surface area contributed by atoms with Crippen molar-refractivity contribution in [2.45, 2.75) is 51.4 Å². The van der Waals surface area contributed by atoms with E-state index in [0.717, 1.165) is 42.6 Å². The normalized spacial score (nSPS) is 31.3. The maximum Gasteiger partial charge on any atom is 0.228 e. The predicted molar refractivity (Wildman–Crippen MR) is 120 cm³/mol. The highest BCUT2D eigenvalue weighted by Crippen LogP contribution is 2.60. The van der Waals surface area contributed by atoms with Gasteiger partial charge in [0.2, 0.25) is 23.5 Å². The lowest BCUT2D eigenvalue weighted by Gasteiger charge is -2.57. The predicted octanol–water partition coefficient (Wildman–Crippen LogP) is 3.62. The van der Waals surface area contributed by atoms with Gasteiger partial charge in [0.25, 0.3) is 0 Å². The molecule has 4 bridgehead atoms. The van der Waals surface area contributed by atoms with Crippen LogP contribution in [-0.4, -0.2) is 57.9 Å². The zero-order chi connectivity index (χ0) is 21.7. The molecule has 0 N–H and O–H groups in total. The topological polar surface area (TPSA) is 79.5 Å². The van der Waals surface area contributed by atoms with E-state index in [1.54, 1.807) is 11.3 Å². The van der Waals surface area contributed by atoms with Crippen molar-refractivity contribution in [3.05, 3.63) is 22.7 Å². The maximum atomic E-state index is 13.5. The van der Waals surface area contributed by atoms with Crippen molar-refractivity contribution in [1.29, 1.82) is 0 Å². The second-order valence-corrected chi connectivity index (χ2v) is 11.2. The number of thiophene rings is 1. The van der Waals surface area contributed by atoms with Crippen molar-refractivity contribution in [2.24, 2.45) is 23.2 Å². The van der Waals surface area contributed by atoms with Gasteiger partial charge in [-0.1, -0.05) is 5.16 Å². The number of piperazine rings is 1. The molecule has 2 amide bonds. The van der Waals surface area contributed by atoms with Crippen molar-refractivity contribution >= 4 is 23.2 Å². The molecule has 5 fully saturated rings. The van der Waals surface area contributed by atoms with E-state index in [9.17, 15) is 9.59 Å². The fourth-order valence-electron chi connectivity index (χ4n) is 7.10. The first-order valence-corrected chi connectivity index (χ1v) is 12.9. The Kier molecular flexibility index (Phi) is 5.08. The van der Waals surface area contributed by atoms with Crippen LogP contribution in [0.25, 0.3) is 11.4 Å². The molecule has 3 heterocycles. The van der Waals surface area contributed by atoms with Gasteiger partial charge in [0.15, 0.2) is 0 Å². The molecular weight excluding hydrogens is 424 g/mol. The number of carbonyl (C=O) groups is 2. The van der Waals surface area contributed by atoms with Gasteiger partial charge in [0.05, 0.1) is 5.41 Å². The molecule has 0 spiro atoms. The highest BCUT2D eigenvalue weighted by Gasteiger charge is 2.55. The summed E-state index contributed by atoms with van der Waals surface area (Å²) in [4.78, 5) is 34.6. The van der Waals surface area contributed by atoms with E-state index in [2.05, 4.69) is 15.0 Å². The quantitative estimate of drug-likeness (QED) is 0.689. The molecule has 0 radical (unpaired) electrons. The number of aromatic nitrogens is 2. The largest absolute Gasteiger partial charge is 0.339 e. The fraction of sp³-hybridized carbons (Fsp3) is 0.667. The molecule has 0 aromatic carbocycles. The summed E-state index contributed by atoms with van der Waals surface area (Å²) >= 11 is 1.59. The molecule has 2 aromatic rings. The Bertz CT molecular complexity index is 958. The third-order valence-electron chi connectivity index (χ3n) is 8.21. The van der Waals surface area contributed by atoms with E-state index in [-0.39, 0.29) is 11.3 Å². The summed E-state index contributed by atoms with van der Waals surface area (Å²) in [7, 11) is 0. The highest BCUT2D eigenvalue weighted by molar-refractivity contribution is 7.08. The van der Waals surface area contributed by atoms with Crippen LogP contribution in [0.1, 0.15) is 50.8 Å². The molecule has 8 heteroatoms. The molecule has 0 unspecified atom stereocenters. The van der Waals surface area contributed by atoms with Gasteiger partial charge in [-0.25, -0.2) is 0 Å². The van der Waals surface area contributed by atoms with Crippen LogP contribution in [0, 0.1) is 23.2 Å². The Morgan fingerprint density at radius 2 is 1.69 bits per heavy atom. The number of amides is 2. The van der Waals surface area contributed by atoms with Crippen molar-refractivity contribution in [3.8, 4) is 11.4 Å². The van der Waals surface area contributed by atoms with Crippen LogP contribution < -0.4 is 0 Å². The first-order chi connectivity index (χ1) is 15.6. The van der Waals surface area contributed by atoms with Gasteiger partial charge in [0, 0.05) is 50.0 Å². The van der Waals surface area contributed by atoms with Crippen LogP contribution >= 0.6 is 11.3 Å². The lowest BCUT2D eigenvalue weighted by Crippen LogP contribution is -2.58. The lowest BCUT2D eigenvalue weighted by atomic mass is 9.49. The minimum Gasteiger partial charge on any atom is -0.339 e. The van der Waals surface area contributed by atoms with Gasteiger partial charge in [-0.3, -0.25) is 9.59 Å². The first kappa shape index (κ1) is 20.4. The second kappa shape index (κ2) is 7.97. The van der Waals surface area contributed by atoms with Gasteiger partial charge in [-0.15, -0.1) is 0 Å². The molecule has 7 nitrogen and oxygen atoms in total. The van der Waals surface area contributed by atoms with Crippen LogP contribution in [0.15, 0.2) is 21.3 Å². The van der Waals surface area contributed by atoms with Crippen LogP contribution in [0.2, 0.25) is 0 Å². The average molecular weight is 455 g/mol. The van der Waals surface area contributed by atoms with Gasteiger partial charge in [0.1, 0.15) is 0 Å². The zero-order valence-electron chi connectivity index (χ0n) is 18.4. The zero-order valence-corrected chi connectivity index (χ0v) is 19.2. The summed E-state index contributed by atoms with van der Waals surface area (Å²) in [6.07, 6.45) is 8.17. The van der Waals surface area contributed by atoms with Gasteiger partial charge < -0.3 is 14.3 Å². The molecule has 2 aromatic heterocycles. The Hall–Kier alpha value is -2.22. The second-order valence-electron chi connectivity index (χ2n) is 10.4. The SMILES string of the molecule is O=C(CCc1nc(-c2ccsc2)no1)N1CCN(C(=O)C23CC4CC(CC(C4)C2)C3)CC1. The highest BCUT2D eigenvalue weighted by atomic mass is 32.1. The Balaban J connectivity index is 1.01. The van der Waals surface area contributed by atoms with Gasteiger partial charge in [-0.05, 0) is 67.7 Å². The first-order valence-electron chi connectivity index (χ1n) is 12.0. The van der Waals surface area contributed by atoms with Crippen LogP contribution in [0.3, 0.4) is 0 Å². The van der Waals surface area contributed by atoms with Gasteiger partial charge in [-0.2, -0.15) is 16.3 Å². The number of rotatable bonds is 5. The molecule has 0 atom stereocenters. The molecule has 1 saturated heterocycles. The summed E-state index contributed by atoms with van der Waals surface area (Å²) < 4.78 is 5.31. The Labute approximate surface area is 192 Å². The van der Waals surface area contributed by atoms with Crippen LogP contribution in [-0.2, 0) is 16.0 Å². The molecule has 170 valence electrons. The molecule has 32 heavy (non-hydrogen) atoms. The fourth-order valence-corrected chi connectivity index (χ4v) is 7.74. The third kappa shape index (κ3) is 3.66. The van der Waals surface area contributed by atoms with Crippen molar-refractivity contribution in [2.75, 3.05) is 26.2 Å². The number of hydrogen-bond donors (Lipinski definition) is 0. The Morgan fingerprint density at radius 1 is 1.03 bits per heavy atom. The van der Waals surface area contributed by atoms with Gasteiger partial charge >= 0.3 is 0 Å². The molecule has 7 rings (SSSR count).